The van der Waals surface area contributed by atoms with Crippen molar-refractivity contribution in [3.63, 3.8) is 0 Å². The maximum Gasteiger partial charge on any atom is 0.261 e. The van der Waals surface area contributed by atoms with E-state index in [2.05, 4.69) is 39.5 Å². The summed E-state index contributed by atoms with van der Waals surface area (Å²) < 4.78 is 1.52. The number of aryl methyl sites for hydroxylation is 1. The Morgan fingerprint density at radius 1 is 1.07 bits per heavy atom. The molecule has 1 aliphatic heterocycles. The molecule has 2 aromatic carbocycles. The second kappa shape index (κ2) is 9.67. The second-order valence-corrected chi connectivity index (χ2v) is 7.95. The quantitative estimate of drug-likeness (QED) is 0.657. The van der Waals surface area contributed by atoms with Gasteiger partial charge in [0.15, 0.2) is 0 Å². The van der Waals surface area contributed by atoms with Gasteiger partial charge in [-0.1, -0.05) is 42.5 Å². The third-order valence-electron chi connectivity index (χ3n) is 5.74. The summed E-state index contributed by atoms with van der Waals surface area (Å²) in [4.78, 5) is 31.8. The summed E-state index contributed by atoms with van der Waals surface area (Å²) in [7, 11) is 0. The van der Waals surface area contributed by atoms with Gasteiger partial charge in [-0.15, -0.1) is 0 Å². The zero-order chi connectivity index (χ0) is 20.8. The molecule has 1 aromatic heterocycles. The first-order chi connectivity index (χ1) is 14.7. The molecule has 1 atom stereocenters. The molecule has 6 heteroatoms. The average Bonchev–Trinajstić information content (AvgIpc) is 2.78. The molecule has 0 unspecified atom stereocenters. The minimum atomic E-state index is -0.0989. The van der Waals surface area contributed by atoms with Gasteiger partial charge in [0.25, 0.3) is 5.56 Å². The number of piperidine rings is 1. The van der Waals surface area contributed by atoms with Crippen molar-refractivity contribution in [3.8, 4) is 0 Å². The zero-order valence-electron chi connectivity index (χ0n) is 17.2. The van der Waals surface area contributed by atoms with Crippen LogP contribution in [0.1, 0.15) is 24.8 Å². The van der Waals surface area contributed by atoms with E-state index in [1.165, 1.54) is 16.5 Å². The van der Waals surface area contributed by atoms with Crippen molar-refractivity contribution in [2.45, 2.75) is 38.3 Å². The van der Waals surface area contributed by atoms with Gasteiger partial charge in [-0.3, -0.25) is 14.2 Å². The third kappa shape index (κ3) is 5.13. The molecule has 0 radical (unpaired) electrons. The summed E-state index contributed by atoms with van der Waals surface area (Å²) in [6, 6.07) is 18.0. The average molecular weight is 405 g/mol. The predicted molar refractivity (Wildman–Crippen MR) is 118 cm³/mol. The van der Waals surface area contributed by atoms with Crippen LogP contribution in [0.25, 0.3) is 10.9 Å². The summed E-state index contributed by atoms with van der Waals surface area (Å²) >= 11 is 0. The van der Waals surface area contributed by atoms with Crippen molar-refractivity contribution < 1.29 is 4.79 Å². The number of nitrogens with one attached hydrogen (secondary N) is 1. The molecule has 1 aliphatic rings. The highest BCUT2D eigenvalue weighted by atomic mass is 16.2. The summed E-state index contributed by atoms with van der Waals surface area (Å²) in [5.74, 6) is -0.00929. The van der Waals surface area contributed by atoms with Gasteiger partial charge in [-0.25, -0.2) is 4.98 Å². The largest absolute Gasteiger partial charge is 0.352 e. The Balaban J connectivity index is 1.26. The van der Waals surface area contributed by atoms with Crippen molar-refractivity contribution in [2.75, 3.05) is 19.6 Å². The van der Waals surface area contributed by atoms with E-state index < -0.39 is 0 Å². The van der Waals surface area contributed by atoms with Gasteiger partial charge in [0.1, 0.15) is 0 Å². The van der Waals surface area contributed by atoms with E-state index in [1.807, 2.05) is 24.3 Å². The molecular weight excluding hydrogens is 376 g/mol. The van der Waals surface area contributed by atoms with E-state index in [4.69, 9.17) is 0 Å². The van der Waals surface area contributed by atoms with E-state index in [0.717, 1.165) is 38.9 Å². The summed E-state index contributed by atoms with van der Waals surface area (Å²) in [5, 5.41) is 3.74. The highest BCUT2D eigenvalue weighted by Crippen LogP contribution is 2.12. The van der Waals surface area contributed by atoms with Gasteiger partial charge in [0.2, 0.25) is 5.91 Å². The Labute approximate surface area is 176 Å². The van der Waals surface area contributed by atoms with Crippen LogP contribution in [0.2, 0.25) is 0 Å². The Kier molecular flexibility index (Phi) is 6.54. The zero-order valence-corrected chi connectivity index (χ0v) is 17.2. The number of nitrogens with zero attached hydrogens (tertiary/aromatic N) is 3. The van der Waals surface area contributed by atoms with Gasteiger partial charge in [-0.2, -0.15) is 0 Å². The van der Waals surface area contributed by atoms with Crippen LogP contribution < -0.4 is 10.9 Å². The van der Waals surface area contributed by atoms with E-state index in [0.29, 0.717) is 17.4 Å². The molecule has 1 N–H and O–H groups in total. The number of carbonyl (C=O) groups is 1. The Morgan fingerprint density at radius 3 is 2.73 bits per heavy atom. The standard InChI is InChI=1S/C24H28N4O2/c29-23(13-16-28-18-25-22-11-5-4-10-21(22)24(28)30)26-20-9-6-14-27(17-20)15-12-19-7-2-1-3-8-19/h1-5,7-8,10-11,18,20H,6,9,12-17H2,(H,26,29)/t20-/m0/s1. The molecule has 1 fully saturated rings. The van der Waals surface area contributed by atoms with Gasteiger partial charge in [0, 0.05) is 32.1 Å². The number of rotatable bonds is 7. The van der Waals surface area contributed by atoms with Crippen molar-refractivity contribution in [1.29, 1.82) is 0 Å². The molecule has 0 aliphatic carbocycles. The number of benzene rings is 2. The number of hydrogen-bond donors (Lipinski definition) is 1. The minimum absolute atomic E-state index is 0.00929. The fourth-order valence-electron chi connectivity index (χ4n) is 4.10. The van der Waals surface area contributed by atoms with Crippen LogP contribution >= 0.6 is 0 Å². The van der Waals surface area contributed by atoms with Crippen LogP contribution in [0.4, 0.5) is 0 Å². The first kappa shape index (κ1) is 20.3. The summed E-state index contributed by atoms with van der Waals surface area (Å²) in [5.41, 5.74) is 1.93. The Bertz CT molecular complexity index is 1050. The van der Waals surface area contributed by atoms with Crippen molar-refractivity contribution in [2.24, 2.45) is 0 Å². The molecule has 3 aromatic rings. The van der Waals surface area contributed by atoms with Gasteiger partial charge >= 0.3 is 0 Å². The summed E-state index contributed by atoms with van der Waals surface area (Å²) in [6.07, 6.45) is 4.93. The maximum atomic E-state index is 12.5. The van der Waals surface area contributed by atoms with Crippen molar-refractivity contribution in [3.05, 3.63) is 76.8 Å². The lowest BCUT2D eigenvalue weighted by atomic mass is 10.0. The van der Waals surface area contributed by atoms with E-state index in [1.54, 1.807) is 6.07 Å². The minimum Gasteiger partial charge on any atom is -0.352 e. The second-order valence-electron chi connectivity index (χ2n) is 7.95. The molecule has 1 amide bonds. The highest BCUT2D eigenvalue weighted by Gasteiger charge is 2.21. The number of aromatic nitrogens is 2. The lowest BCUT2D eigenvalue weighted by Crippen LogP contribution is -2.48. The number of para-hydroxylation sites is 1. The molecular formula is C24H28N4O2. The Hall–Kier alpha value is -2.99. The van der Waals surface area contributed by atoms with E-state index in [9.17, 15) is 9.59 Å². The third-order valence-corrected chi connectivity index (χ3v) is 5.74. The number of hydrogen-bond acceptors (Lipinski definition) is 4. The van der Waals surface area contributed by atoms with Gasteiger partial charge in [-0.05, 0) is 43.5 Å². The molecule has 30 heavy (non-hydrogen) atoms. The smallest absolute Gasteiger partial charge is 0.261 e. The van der Waals surface area contributed by atoms with E-state index in [-0.39, 0.29) is 23.9 Å². The topological polar surface area (TPSA) is 67.2 Å². The van der Waals surface area contributed by atoms with Crippen molar-refractivity contribution in [1.82, 2.24) is 19.8 Å². The van der Waals surface area contributed by atoms with Crippen LogP contribution in [0, 0.1) is 0 Å². The molecule has 2 heterocycles. The van der Waals surface area contributed by atoms with Crippen LogP contribution in [-0.4, -0.2) is 46.0 Å². The van der Waals surface area contributed by atoms with Crippen LogP contribution in [0.15, 0.2) is 65.7 Å². The monoisotopic (exact) mass is 404 g/mol. The first-order valence-corrected chi connectivity index (χ1v) is 10.7. The number of amides is 1. The van der Waals surface area contributed by atoms with Gasteiger partial charge < -0.3 is 10.2 Å². The number of carbonyl (C=O) groups excluding carboxylic acids is 1. The fourth-order valence-corrected chi connectivity index (χ4v) is 4.10. The lowest BCUT2D eigenvalue weighted by molar-refractivity contribution is -0.122. The number of fused-ring (bicyclic) bond motifs is 1. The molecule has 0 bridgehead atoms. The predicted octanol–water partition coefficient (Wildman–Crippen LogP) is 2.61. The van der Waals surface area contributed by atoms with E-state index >= 15 is 0 Å². The highest BCUT2D eigenvalue weighted by molar-refractivity contribution is 5.77. The van der Waals surface area contributed by atoms with Crippen LogP contribution in [0.5, 0.6) is 0 Å². The lowest BCUT2D eigenvalue weighted by Gasteiger charge is -2.33. The first-order valence-electron chi connectivity index (χ1n) is 10.7. The molecule has 1 saturated heterocycles. The molecule has 0 saturated carbocycles. The number of likely N-dealkylation sites (tertiary alicyclic amines) is 1. The SMILES string of the molecule is O=C(CCn1cnc2ccccc2c1=O)N[C@H]1CCCN(CCc2ccccc2)C1. The summed E-state index contributed by atoms with van der Waals surface area (Å²) in [6.45, 7) is 3.31. The Morgan fingerprint density at radius 2 is 1.87 bits per heavy atom. The maximum absolute atomic E-state index is 12.5. The fraction of sp³-hybridized carbons (Fsp3) is 0.375. The van der Waals surface area contributed by atoms with Crippen LogP contribution in [0.3, 0.4) is 0 Å². The molecule has 156 valence electrons. The van der Waals surface area contributed by atoms with Crippen LogP contribution in [-0.2, 0) is 17.8 Å². The normalized spacial score (nSPS) is 17.1. The molecule has 0 spiro atoms. The molecule has 4 rings (SSSR count). The molecule has 6 nitrogen and oxygen atoms in total. The van der Waals surface area contributed by atoms with Gasteiger partial charge in [0.05, 0.1) is 17.2 Å². The van der Waals surface area contributed by atoms with Crippen molar-refractivity contribution >= 4 is 16.8 Å².